The molecule has 3 saturated heterocycles. The molecule has 0 spiro atoms. The Morgan fingerprint density at radius 3 is 2.52 bits per heavy atom. The number of carbonyl (C=O) groups excluding carboxylic acids is 1. The van der Waals surface area contributed by atoms with Crippen LogP contribution >= 0.6 is 0 Å². The molecule has 0 aromatic rings. The summed E-state index contributed by atoms with van der Waals surface area (Å²) in [5.74, 6) is 3.61. The second kappa shape index (κ2) is 4.93. The van der Waals surface area contributed by atoms with Gasteiger partial charge in [-0.25, -0.2) is 0 Å². The van der Waals surface area contributed by atoms with Crippen molar-refractivity contribution in [3.8, 4) is 0 Å². The Balaban J connectivity index is 1.46. The molecule has 8 unspecified atom stereocenters. The summed E-state index contributed by atoms with van der Waals surface area (Å²) in [6, 6.07) is 0. The first kappa shape index (κ1) is 15.3. The van der Waals surface area contributed by atoms with Gasteiger partial charge in [-0.1, -0.05) is 90.1 Å². The van der Waals surface area contributed by atoms with Crippen molar-refractivity contribution in [2.45, 2.75) is 17.5 Å². The van der Waals surface area contributed by atoms with Crippen molar-refractivity contribution in [2.75, 3.05) is 0 Å². The largest absolute Gasteiger partial charge is 0.294 e. The molecule has 3 fully saturated rings. The SMILES string of the molecule is O=C1C2=CC=C3C=CC=C4C5C=CC=C6C7C=CC=C8C=CC1C(B(C65)C2C34)C87. The van der Waals surface area contributed by atoms with Crippen LogP contribution in [0.3, 0.4) is 0 Å². The molecule has 3 aliphatic heterocycles. The van der Waals surface area contributed by atoms with Gasteiger partial charge in [0.25, 0.3) is 0 Å². The van der Waals surface area contributed by atoms with Crippen molar-refractivity contribution in [3.05, 3.63) is 107 Å². The average Bonchev–Trinajstić information content (AvgIpc) is 2.78. The molecule has 8 aliphatic rings. The van der Waals surface area contributed by atoms with Crippen LogP contribution in [0.5, 0.6) is 0 Å². The molecule has 29 heavy (non-hydrogen) atoms. The fraction of sp³-hybridized carbons (Fsp3) is 0.296. The van der Waals surface area contributed by atoms with E-state index in [4.69, 9.17) is 0 Å². The zero-order valence-corrected chi connectivity index (χ0v) is 16.1. The second-order valence-electron chi connectivity index (χ2n) is 9.93. The normalized spacial score (nSPS) is 45.7. The highest BCUT2D eigenvalue weighted by molar-refractivity contribution is 6.69. The number of hydrogen-bond acceptors (Lipinski definition) is 1. The molecule has 0 saturated carbocycles. The topological polar surface area (TPSA) is 17.1 Å². The maximum absolute atomic E-state index is 13.7. The van der Waals surface area contributed by atoms with Crippen molar-refractivity contribution in [1.82, 2.24) is 0 Å². The van der Waals surface area contributed by atoms with E-state index < -0.39 is 0 Å². The van der Waals surface area contributed by atoms with Gasteiger partial charge in [-0.2, -0.15) is 0 Å². The molecule has 3 heterocycles. The van der Waals surface area contributed by atoms with Crippen LogP contribution in [-0.4, -0.2) is 12.5 Å². The van der Waals surface area contributed by atoms with Gasteiger partial charge in [0.15, 0.2) is 12.5 Å². The van der Waals surface area contributed by atoms with E-state index in [0.717, 1.165) is 5.57 Å². The molecule has 0 aromatic carbocycles. The maximum atomic E-state index is 13.7. The number of fused-ring (bicyclic) bond motifs is 2. The highest BCUT2D eigenvalue weighted by Gasteiger charge is 2.66. The fourth-order valence-corrected chi connectivity index (χ4v) is 8.43. The van der Waals surface area contributed by atoms with Crippen LogP contribution in [0, 0.1) is 29.6 Å². The highest BCUT2D eigenvalue weighted by Crippen LogP contribution is 2.71. The molecule has 138 valence electrons. The van der Waals surface area contributed by atoms with E-state index in [-0.39, 0.29) is 5.92 Å². The van der Waals surface area contributed by atoms with E-state index in [2.05, 4.69) is 79.0 Å². The third kappa shape index (κ3) is 1.59. The highest BCUT2D eigenvalue weighted by atomic mass is 16.1. The molecule has 0 radical (unpaired) electrons. The Hall–Kier alpha value is -2.61. The predicted octanol–water partition coefficient (Wildman–Crippen LogP) is 5.21. The summed E-state index contributed by atoms with van der Waals surface area (Å²) in [4.78, 5) is 13.7. The zero-order valence-electron chi connectivity index (χ0n) is 16.1. The van der Waals surface area contributed by atoms with Gasteiger partial charge in [0, 0.05) is 17.8 Å². The minimum atomic E-state index is 0.0615. The molecule has 8 rings (SSSR count). The number of ketones is 1. The van der Waals surface area contributed by atoms with Gasteiger partial charge in [-0.3, -0.25) is 4.79 Å². The van der Waals surface area contributed by atoms with Gasteiger partial charge < -0.3 is 0 Å². The first-order chi connectivity index (χ1) is 14.3. The van der Waals surface area contributed by atoms with Crippen molar-refractivity contribution in [2.24, 2.45) is 29.6 Å². The Kier molecular flexibility index (Phi) is 2.59. The number of carbonyl (C=O) groups is 1. The molecule has 0 amide bonds. The predicted molar refractivity (Wildman–Crippen MR) is 116 cm³/mol. The summed E-state index contributed by atoms with van der Waals surface area (Å²) < 4.78 is 0. The van der Waals surface area contributed by atoms with Gasteiger partial charge in [-0.05, 0) is 46.0 Å². The Labute approximate surface area is 171 Å². The van der Waals surface area contributed by atoms with E-state index in [0.29, 0.717) is 53.6 Å². The quantitative estimate of drug-likeness (QED) is 0.534. The van der Waals surface area contributed by atoms with E-state index in [1.165, 1.54) is 11.1 Å². The average molecular weight is 372 g/mol. The van der Waals surface area contributed by atoms with Crippen LogP contribution in [0.4, 0.5) is 0 Å². The minimum Gasteiger partial charge on any atom is -0.294 e. The summed E-state index contributed by atoms with van der Waals surface area (Å²) in [5, 5.41) is 0. The fourth-order valence-electron chi connectivity index (χ4n) is 8.43. The van der Waals surface area contributed by atoms with Crippen molar-refractivity contribution >= 4 is 12.5 Å². The summed E-state index contributed by atoms with van der Waals surface area (Å²) in [6.45, 7) is 0.559. The molecule has 8 atom stereocenters. The molecule has 0 aromatic heterocycles. The van der Waals surface area contributed by atoms with E-state index in [1.807, 2.05) is 0 Å². The van der Waals surface area contributed by atoms with Crippen molar-refractivity contribution < 1.29 is 4.79 Å². The molecule has 0 N–H and O–H groups in total. The maximum Gasteiger partial charge on any atom is 0.164 e. The van der Waals surface area contributed by atoms with E-state index in [9.17, 15) is 4.79 Å². The lowest BCUT2D eigenvalue weighted by Crippen LogP contribution is -2.60. The van der Waals surface area contributed by atoms with Gasteiger partial charge in [0.05, 0.1) is 0 Å². The van der Waals surface area contributed by atoms with Crippen molar-refractivity contribution in [1.29, 1.82) is 0 Å². The van der Waals surface area contributed by atoms with Gasteiger partial charge in [0.1, 0.15) is 0 Å². The summed E-state index contributed by atoms with van der Waals surface area (Å²) in [6.07, 6.45) is 30.0. The Morgan fingerprint density at radius 2 is 1.55 bits per heavy atom. The van der Waals surface area contributed by atoms with Crippen LogP contribution in [0.1, 0.15) is 0 Å². The van der Waals surface area contributed by atoms with Crippen LogP contribution in [0.2, 0.25) is 17.5 Å². The lowest BCUT2D eigenvalue weighted by atomic mass is 9.12. The first-order valence-corrected chi connectivity index (χ1v) is 11.1. The zero-order chi connectivity index (χ0) is 18.9. The number of rotatable bonds is 0. The summed E-state index contributed by atoms with van der Waals surface area (Å²) >= 11 is 0. The smallest absolute Gasteiger partial charge is 0.164 e. The molecule has 2 heteroatoms. The summed E-state index contributed by atoms with van der Waals surface area (Å²) in [7, 11) is 0. The Morgan fingerprint density at radius 1 is 0.690 bits per heavy atom. The monoisotopic (exact) mass is 372 g/mol. The lowest BCUT2D eigenvalue weighted by molar-refractivity contribution is -0.119. The van der Waals surface area contributed by atoms with Gasteiger partial charge in [0.2, 0.25) is 0 Å². The summed E-state index contributed by atoms with van der Waals surface area (Å²) in [5.41, 5.74) is 7.14. The van der Waals surface area contributed by atoms with Crippen molar-refractivity contribution in [3.63, 3.8) is 0 Å². The second-order valence-corrected chi connectivity index (χ2v) is 9.93. The molecule has 5 aliphatic carbocycles. The molecule has 0 bridgehead atoms. The van der Waals surface area contributed by atoms with Crippen LogP contribution in [0.15, 0.2) is 107 Å². The third-order valence-electron chi connectivity index (χ3n) is 9.18. The number of Topliss-reactive ketones (excluding diaryl/α,β-unsaturated/α-hetero) is 1. The molecular formula is C27H21BO. The standard InChI is InChI=1S/C27H21BO/c29-27-20-12-10-14-4-1-6-16-18-8-3-9-19-17-7-2-5-15-11-13-21(27)26(23(15)17)28(24(18)19)25(20)22(14)16/h1-13,16,19-20,22-26H. The van der Waals surface area contributed by atoms with Gasteiger partial charge in [-0.15, -0.1) is 0 Å². The minimum absolute atomic E-state index is 0.0615. The van der Waals surface area contributed by atoms with Gasteiger partial charge >= 0.3 is 0 Å². The van der Waals surface area contributed by atoms with Crippen LogP contribution in [0.25, 0.3) is 0 Å². The lowest BCUT2D eigenvalue weighted by Gasteiger charge is -2.63. The van der Waals surface area contributed by atoms with Crippen LogP contribution in [-0.2, 0) is 4.79 Å². The van der Waals surface area contributed by atoms with E-state index in [1.54, 1.807) is 11.1 Å². The number of hydrogen-bond donors (Lipinski definition) is 0. The first-order valence-electron chi connectivity index (χ1n) is 11.1. The molecular weight excluding hydrogens is 351 g/mol. The third-order valence-corrected chi connectivity index (χ3v) is 9.18. The Bertz CT molecular complexity index is 1180. The van der Waals surface area contributed by atoms with Crippen LogP contribution < -0.4 is 0 Å². The molecule has 1 nitrogen and oxygen atoms in total. The van der Waals surface area contributed by atoms with E-state index >= 15 is 0 Å². The number of allylic oxidation sites excluding steroid dienone is 18.